The average Bonchev–Trinajstić information content (AvgIpc) is 3.25. The molecule has 0 bridgehead atoms. The fourth-order valence-electron chi connectivity index (χ4n) is 2.39. The highest BCUT2D eigenvalue weighted by atomic mass is 16.5. The van der Waals surface area contributed by atoms with Crippen LogP contribution in [-0.2, 0) is 0 Å². The number of rotatable bonds is 5. The molecule has 1 aromatic carbocycles. The van der Waals surface area contributed by atoms with Gasteiger partial charge in [0.05, 0.1) is 17.4 Å². The van der Waals surface area contributed by atoms with Crippen LogP contribution in [-0.4, -0.2) is 25.7 Å². The van der Waals surface area contributed by atoms with Gasteiger partial charge in [-0.1, -0.05) is 18.2 Å². The van der Waals surface area contributed by atoms with E-state index >= 15 is 0 Å². The molecule has 3 heterocycles. The van der Waals surface area contributed by atoms with Crippen molar-refractivity contribution in [3.05, 3.63) is 91.0 Å². The van der Waals surface area contributed by atoms with Crippen LogP contribution >= 0.6 is 0 Å². The quantitative estimate of drug-likeness (QED) is 0.589. The summed E-state index contributed by atoms with van der Waals surface area (Å²) in [5.74, 6) is 1.50. The third kappa shape index (κ3) is 3.98. The molecule has 0 aliphatic rings. The number of nitrogens with one attached hydrogen (secondary N) is 1. The molecule has 0 saturated carbocycles. The normalized spacial score (nSPS) is 10.4. The molecule has 7 heteroatoms. The number of pyridine rings is 2. The maximum absolute atomic E-state index is 12.4. The molecule has 0 saturated heterocycles. The van der Waals surface area contributed by atoms with Gasteiger partial charge < -0.3 is 10.1 Å². The number of benzene rings is 1. The second kappa shape index (κ2) is 7.49. The second-order valence-electron chi connectivity index (χ2n) is 5.61. The van der Waals surface area contributed by atoms with Crippen molar-refractivity contribution in [3.8, 4) is 17.4 Å². The molecule has 3 aromatic heterocycles. The third-order valence-corrected chi connectivity index (χ3v) is 3.71. The standard InChI is InChI=1S/C20H15N5O2/c26-20(24-16-8-9-18(21-14-16)25-12-4-11-23-25)15-7-10-19(22-13-15)27-17-5-2-1-3-6-17/h1-14H,(H,24,26). The molecule has 0 unspecified atom stereocenters. The second-order valence-corrected chi connectivity index (χ2v) is 5.61. The number of ether oxygens (including phenoxy) is 1. The van der Waals surface area contributed by atoms with Crippen LogP contribution in [0.15, 0.2) is 85.5 Å². The Labute approximate surface area is 155 Å². The maximum atomic E-state index is 12.4. The van der Waals surface area contributed by atoms with E-state index in [9.17, 15) is 4.79 Å². The number of carbonyl (C=O) groups excluding carboxylic acids is 1. The van der Waals surface area contributed by atoms with Crippen molar-refractivity contribution in [2.75, 3.05) is 5.32 Å². The van der Waals surface area contributed by atoms with Gasteiger partial charge in [0.15, 0.2) is 5.82 Å². The van der Waals surface area contributed by atoms with E-state index in [4.69, 9.17) is 4.74 Å². The fraction of sp³-hybridized carbons (Fsp3) is 0. The average molecular weight is 357 g/mol. The first-order chi connectivity index (χ1) is 13.3. The number of nitrogens with zero attached hydrogens (tertiary/aromatic N) is 4. The lowest BCUT2D eigenvalue weighted by molar-refractivity contribution is 0.102. The molecule has 4 aromatic rings. The third-order valence-electron chi connectivity index (χ3n) is 3.71. The molecule has 1 amide bonds. The highest BCUT2D eigenvalue weighted by Crippen LogP contribution is 2.19. The Morgan fingerprint density at radius 1 is 0.926 bits per heavy atom. The van der Waals surface area contributed by atoms with Crippen molar-refractivity contribution in [2.24, 2.45) is 0 Å². The zero-order valence-electron chi connectivity index (χ0n) is 14.2. The van der Waals surface area contributed by atoms with Gasteiger partial charge in [-0.25, -0.2) is 14.6 Å². The monoisotopic (exact) mass is 357 g/mol. The van der Waals surface area contributed by atoms with Crippen LogP contribution in [0.5, 0.6) is 11.6 Å². The fourth-order valence-corrected chi connectivity index (χ4v) is 2.39. The topological polar surface area (TPSA) is 81.9 Å². The zero-order chi connectivity index (χ0) is 18.5. The first-order valence-electron chi connectivity index (χ1n) is 8.24. The first kappa shape index (κ1) is 16.5. The highest BCUT2D eigenvalue weighted by Gasteiger charge is 2.08. The van der Waals surface area contributed by atoms with Crippen LogP contribution in [0, 0.1) is 0 Å². The van der Waals surface area contributed by atoms with Crippen molar-refractivity contribution in [1.82, 2.24) is 19.7 Å². The van der Waals surface area contributed by atoms with Gasteiger partial charge in [-0.15, -0.1) is 0 Å². The molecule has 27 heavy (non-hydrogen) atoms. The molecule has 0 aliphatic carbocycles. The van der Waals surface area contributed by atoms with Gasteiger partial charge in [-0.3, -0.25) is 4.79 Å². The van der Waals surface area contributed by atoms with E-state index in [0.29, 0.717) is 28.7 Å². The van der Waals surface area contributed by atoms with Gasteiger partial charge in [0, 0.05) is 24.7 Å². The SMILES string of the molecule is O=C(Nc1ccc(-n2cccn2)nc1)c1ccc(Oc2ccccc2)nc1. The molecule has 0 spiro atoms. The Balaban J connectivity index is 1.40. The zero-order valence-corrected chi connectivity index (χ0v) is 14.2. The van der Waals surface area contributed by atoms with Gasteiger partial charge >= 0.3 is 0 Å². The molecule has 4 rings (SSSR count). The van der Waals surface area contributed by atoms with Gasteiger partial charge in [0.25, 0.3) is 5.91 Å². The van der Waals surface area contributed by atoms with Crippen LogP contribution in [0.2, 0.25) is 0 Å². The van der Waals surface area contributed by atoms with E-state index in [0.717, 1.165) is 0 Å². The van der Waals surface area contributed by atoms with E-state index in [1.54, 1.807) is 47.5 Å². The number of aromatic nitrogens is 4. The minimum Gasteiger partial charge on any atom is -0.439 e. The van der Waals surface area contributed by atoms with E-state index in [-0.39, 0.29) is 5.91 Å². The molecular formula is C20H15N5O2. The Kier molecular flexibility index (Phi) is 4.57. The Morgan fingerprint density at radius 2 is 1.81 bits per heavy atom. The predicted octanol–water partition coefficient (Wildman–Crippen LogP) is 3.71. The summed E-state index contributed by atoms with van der Waals surface area (Å²) in [7, 11) is 0. The minimum atomic E-state index is -0.276. The predicted molar refractivity (Wildman–Crippen MR) is 100 cm³/mol. The van der Waals surface area contributed by atoms with Gasteiger partial charge in [-0.05, 0) is 36.4 Å². The van der Waals surface area contributed by atoms with Gasteiger partial charge in [0.1, 0.15) is 5.75 Å². The van der Waals surface area contributed by atoms with Crippen molar-refractivity contribution in [1.29, 1.82) is 0 Å². The van der Waals surface area contributed by atoms with E-state index in [1.165, 1.54) is 6.20 Å². The van der Waals surface area contributed by atoms with Gasteiger partial charge in [-0.2, -0.15) is 5.10 Å². The van der Waals surface area contributed by atoms with Crippen molar-refractivity contribution in [3.63, 3.8) is 0 Å². The van der Waals surface area contributed by atoms with Crippen molar-refractivity contribution in [2.45, 2.75) is 0 Å². The lowest BCUT2D eigenvalue weighted by Gasteiger charge is -2.07. The van der Waals surface area contributed by atoms with Crippen LogP contribution in [0.4, 0.5) is 5.69 Å². The summed E-state index contributed by atoms with van der Waals surface area (Å²) in [5.41, 5.74) is 1.01. The molecule has 0 aliphatic heterocycles. The number of hydrogen-bond donors (Lipinski definition) is 1. The minimum absolute atomic E-state index is 0.276. The van der Waals surface area contributed by atoms with Crippen molar-refractivity contribution >= 4 is 11.6 Å². The van der Waals surface area contributed by atoms with E-state index in [1.807, 2.05) is 36.4 Å². The summed E-state index contributed by atoms with van der Waals surface area (Å²) in [6.45, 7) is 0. The van der Waals surface area contributed by atoms with E-state index < -0.39 is 0 Å². The molecule has 0 atom stereocenters. The van der Waals surface area contributed by atoms with Crippen molar-refractivity contribution < 1.29 is 9.53 Å². The summed E-state index contributed by atoms with van der Waals surface area (Å²) in [4.78, 5) is 20.8. The maximum Gasteiger partial charge on any atom is 0.257 e. The van der Waals surface area contributed by atoms with Gasteiger partial charge in [0.2, 0.25) is 5.88 Å². The van der Waals surface area contributed by atoms with Crippen LogP contribution < -0.4 is 10.1 Å². The number of para-hydroxylation sites is 1. The van der Waals surface area contributed by atoms with Crippen LogP contribution in [0.25, 0.3) is 5.82 Å². The Bertz CT molecular complexity index is 1010. The Morgan fingerprint density at radius 3 is 2.48 bits per heavy atom. The molecule has 132 valence electrons. The van der Waals surface area contributed by atoms with Crippen LogP contribution in [0.1, 0.15) is 10.4 Å². The summed E-state index contributed by atoms with van der Waals surface area (Å²) in [6.07, 6.45) is 6.52. The number of carbonyl (C=O) groups is 1. The number of amides is 1. The summed E-state index contributed by atoms with van der Waals surface area (Å²) in [6, 6.07) is 18.0. The molecule has 0 fully saturated rings. The molecule has 1 N–H and O–H groups in total. The summed E-state index contributed by atoms with van der Waals surface area (Å²) in [5, 5.41) is 6.90. The lowest BCUT2D eigenvalue weighted by atomic mass is 10.2. The summed E-state index contributed by atoms with van der Waals surface area (Å²) >= 11 is 0. The molecule has 7 nitrogen and oxygen atoms in total. The lowest BCUT2D eigenvalue weighted by Crippen LogP contribution is -2.12. The number of anilines is 1. The molecular weight excluding hydrogens is 342 g/mol. The van der Waals surface area contributed by atoms with E-state index in [2.05, 4.69) is 20.4 Å². The molecule has 0 radical (unpaired) electrons. The highest BCUT2D eigenvalue weighted by molar-refractivity contribution is 6.04. The van der Waals surface area contributed by atoms with Crippen LogP contribution in [0.3, 0.4) is 0 Å². The summed E-state index contributed by atoms with van der Waals surface area (Å²) < 4.78 is 7.26. The largest absolute Gasteiger partial charge is 0.439 e. The number of hydrogen-bond acceptors (Lipinski definition) is 5. The first-order valence-corrected chi connectivity index (χ1v) is 8.24. The Hall–Kier alpha value is -4.00. The smallest absolute Gasteiger partial charge is 0.257 e.